The van der Waals surface area contributed by atoms with Gasteiger partial charge >= 0.3 is 19.2 Å². The number of carbonyl (C=O) groups is 8. The van der Waals surface area contributed by atoms with Crippen LogP contribution in [0.25, 0.3) is 42.8 Å². The van der Waals surface area contributed by atoms with Gasteiger partial charge in [0.25, 0.3) is 23.6 Å². The Kier molecular flexibility index (Phi) is 46.6. The maximum absolute atomic E-state index is 13.7. The second kappa shape index (κ2) is 51.3. The van der Waals surface area contributed by atoms with Crippen molar-refractivity contribution < 1.29 is 111 Å². The molecule has 36 nitrogen and oxygen atoms in total. The molecule has 2 radical (unpaired) electrons. The molecule has 12 rings (SSSR count). The molecule has 0 aliphatic rings. The molecule has 0 saturated carbocycles. The number of benzene rings is 2. The van der Waals surface area contributed by atoms with Crippen molar-refractivity contribution in [1.29, 1.82) is 1.34 Å². The number of fused-ring (bicyclic) bond motifs is 4. The van der Waals surface area contributed by atoms with Crippen LogP contribution in [-0.4, -0.2) is 179 Å². The molecule has 123 heavy (non-hydrogen) atoms. The molecular formula is C72H91BBr3Cl4F4N23O13S2U. The molecule has 13 N–H and O–H groups in total. The Bertz CT molecular complexity index is 5720. The number of carbonyl (C=O) groups excluding carboxylic acids is 7. The van der Waals surface area contributed by atoms with Gasteiger partial charge in [0.2, 0.25) is 29.7 Å². The van der Waals surface area contributed by atoms with E-state index in [-0.39, 0.29) is 242 Å². The Labute approximate surface area is 791 Å². The number of thiophene rings is 2. The van der Waals surface area contributed by atoms with Crippen LogP contribution in [0.2, 0.25) is 0 Å². The zero-order chi connectivity index (χ0) is 83.8. The van der Waals surface area contributed by atoms with Gasteiger partial charge < -0.3 is 61.9 Å². The zero-order valence-electron chi connectivity index (χ0n) is 67.1. The summed E-state index contributed by atoms with van der Waals surface area (Å²) in [6.07, 6.45) is 6.99. The number of imidazole rings is 4. The van der Waals surface area contributed by atoms with E-state index in [0.717, 1.165) is 28.4 Å². The number of aromatic carboxylic acids is 1. The monoisotopic (exact) mass is 2250 g/mol. The quantitative estimate of drug-likeness (QED) is 0.00610. The topological polar surface area (TPSA) is 490 Å². The summed E-state index contributed by atoms with van der Waals surface area (Å²) < 4.78 is 88.6. The summed E-state index contributed by atoms with van der Waals surface area (Å²) in [5, 5.41) is 31.4. The molecule has 0 saturated heterocycles. The van der Waals surface area contributed by atoms with E-state index in [9.17, 15) is 55.9 Å². The van der Waals surface area contributed by atoms with E-state index in [1.807, 2.05) is 27.7 Å². The summed E-state index contributed by atoms with van der Waals surface area (Å²) in [7, 11) is 3.75. The van der Waals surface area contributed by atoms with Gasteiger partial charge in [0.1, 0.15) is 85.0 Å². The number of rotatable bonds is 34. The van der Waals surface area contributed by atoms with Crippen LogP contribution in [0.4, 0.5) is 35.4 Å². The molecule has 0 bridgehead atoms. The van der Waals surface area contributed by atoms with Crippen LogP contribution >= 0.6 is 123 Å². The first-order valence-corrected chi connectivity index (χ1v) is 36.5. The van der Waals surface area contributed by atoms with Gasteiger partial charge in [-0.3, -0.25) is 72.1 Å². The van der Waals surface area contributed by atoms with Crippen LogP contribution in [0.5, 0.6) is 11.5 Å². The van der Waals surface area contributed by atoms with E-state index in [0.29, 0.717) is 113 Å². The number of ether oxygens (including phenoxy) is 4. The number of hydrogen-bond acceptors (Lipinski definition) is 23. The standard InChI is InChI=1S/C36H39F2N11O6S.C28H30F2N10O5S.C7H10N2O2.CH4.BH.3BrH.4ClH.U/c1-5-48-24(13-19(3)44-48)26(50)18-29-41-22-15-21(31(39)51)16-27(54-11-12-55-35(37)38)30(22)46(29)9-7-8-10-47-34-23(17-28(56-34)32(40)52)42-36(47)43-33(53)25-14-20(4)45-49(25)6-2;1-3-40-18(10-14(2)37-40)24(43)36-28-35-17-13-20(23(32)42)46-25(17)39(28)7-5-4-6-38-21-16(34-27(38)33)11-15(22(31)41)12-19(21)44-8-9-45-26(29)30;1-3-9-6(7(10)11)4-5(2)8-9;;;;;;;;;;/h7-8,13-17,35H,5-6,9-12,18H2,1-4H3,(H2,39,51)(H2,40,52)(H,42,43,53);4-5,10-13,26H,3,6-9H2,1-2H3,(H2,31,41)(H2,32,42)(H2,33,34)(H,35,36,43);4H,3H2,1-2H3,(H,10,11);1H4;8*1H;/b8-7+;5-4+;;;;;;;;;;;/i;;;;1T;;;;;;;;. The number of ketones is 1. The van der Waals surface area contributed by atoms with Crippen LogP contribution in [0.3, 0.4) is 0 Å². The Morgan fingerprint density at radius 3 is 1.19 bits per heavy atom. The number of hydrogen-bond donors (Lipinski definition) is 8. The summed E-state index contributed by atoms with van der Waals surface area (Å²) in [6, 6.07) is 15.4. The average Bonchev–Trinajstić information content (AvgIpc) is 1.63. The largest absolute Gasteiger partial charge is 0.489 e. The molecule has 2 aromatic carbocycles. The number of allylic oxidation sites excluding steroid dienone is 4. The maximum Gasteiger partial charge on any atom is 0.354 e. The first kappa shape index (κ1) is 112. The molecule has 668 valence electrons. The van der Waals surface area contributed by atoms with Crippen molar-refractivity contribution in [3.63, 3.8) is 0 Å². The minimum atomic E-state index is -3.00. The number of nitrogen functional groups attached to an aromatic ring is 1. The number of primary amides is 4. The molecule has 0 aliphatic carbocycles. The van der Waals surface area contributed by atoms with E-state index in [2.05, 4.69) is 63.8 Å². The number of amides is 6. The third-order valence-electron chi connectivity index (χ3n) is 16.8. The fourth-order valence-electron chi connectivity index (χ4n) is 11.9. The van der Waals surface area contributed by atoms with E-state index in [1.54, 1.807) is 121 Å². The summed E-state index contributed by atoms with van der Waals surface area (Å²) in [5.41, 5.74) is 34.9. The second-order valence-corrected chi connectivity index (χ2v) is 26.8. The summed E-state index contributed by atoms with van der Waals surface area (Å²) in [6.45, 7) is 10.0. The Hall–Kier alpha value is -9.24. The molecule has 51 heteroatoms. The smallest absolute Gasteiger partial charge is 0.354 e. The van der Waals surface area contributed by atoms with Gasteiger partial charge in [-0.05, 0) is 117 Å². The molecule has 0 unspecified atom stereocenters. The van der Waals surface area contributed by atoms with Crippen molar-refractivity contribution in [2.24, 2.45) is 22.9 Å². The fraction of sp³-hybridized carbons (Fsp3) is 0.333. The molecular weight excluding hydrogens is 2170 g/mol. The number of nitrogens with one attached hydrogen (secondary N) is 2. The number of nitrogens with two attached hydrogens (primary N) is 5. The van der Waals surface area contributed by atoms with Crippen LogP contribution in [0, 0.1) is 58.8 Å². The summed E-state index contributed by atoms with van der Waals surface area (Å²) >= 11 is 2.27. The first-order chi connectivity index (χ1) is 54.9. The molecule has 12 aromatic rings. The van der Waals surface area contributed by atoms with Crippen molar-refractivity contribution in [2.75, 3.05) is 42.8 Å². The van der Waals surface area contributed by atoms with Gasteiger partial charge in [0.15, 0.2) is 5.78 Å². The molecule has 0 fully saturated rings. The number of halogens is 11. The van der Waals surface area contributed by atoms with Gasteiger partial charge in [-0.1, -0.05) is 31.7 Å². The summed E-state index contributed by atoms with van der Waals surface area (Å²) in [5.74, 6) is -3.58. The van der Waals surface area contributed by atoms with Gasteiger partial charge in [-0.25, -0.2) is 24.7 Å². The minimum absolute atomic E-state index is 0. The second-order valence-electron chi connectivity index (χ2n) is 24.7. The van der Waals surface area contributed by atoms with E-state index < -0.39 is 67.8 Å². The SMILES string of the molecule is Br.Br.Br.C.CCn1nc(C)cc1C(=O)Cc1nc2cc(C(N)=O)cc(OCCOC(F)F)c2n1C/C=C/Cn1c(NC(=O)c2cc(C)nn2CC)nc2cc(C(N)=O)sc21.CCn1nc(C)cc1C(=O)Nc1nc2cc(C(N)=O)sc2n1C/C=C/Cn1c(N)nc2cc(C(N)=O)cc(OCCOC(F)F)c21.CCn1nc(C)cc1C(=O)O.Cl.Cl.Cl.Cl.[3H][B].[U]. The number of Topliss-reactive ketones (excluding diaryl/α,β-unsaturated/α-hetero) is 1. The number of carboxylic acids is 1. The fourth-order valence-corrected chi connectivity index (χ4v) is 13.8. The Balaban J connectivity index is 0.00000202. The van der Waals surface area contributed by atoms with Crippen molar-refractivity contribution in [3.05, 3.63) is 157 Å². The van der Waals surface area contributed by atoms with Gasteiger partial charge in [-0.2, -0.15) is 38.0 Å². The molecule has 0 spiro atoms. The maximum atomic E-state index is 13.7. The van der Waals surface area contributed by atoms with Gasteiger partial charge in [-0.15, -0.1) is 123 Å². The van der Waals surface area contributed by atoms with E-state index >= 15 is 0 Å². The zero-order valence-corrected chi connectivity index (χ0v) is 80.3. The van der Waals surface area contributed by atoms with Crippen LogP contribution in [0.1, 0.15) is 146 Å². The molecule has 0 atom stereocenters. The Morgan fingerprint density at radius 2 is 0.829 bits per heavy atom. The molecule has 10 heterocycles. The number of aryl methyl sites for hydroxylation is 8. The molecule has 6 amide bonds. The van der Waals surface area contributed by atoms with E-state index in [1.165, 1.54) is 28.9 Å². The van der Waals surface area contributed by atoms with E-state index in [4.69, 9.17) is 49.6 Å². The third-order valence-corrected chi connectivity index (χ3v) is 19.1. The number of alkyl halides is 4. The van der Waals surface area contributed by atoms with Crippen LogP contribution in [0.15, 0.2) is 85.0 Å². The number of anilines is 3. The van der Waals surface area contributed by atoms with Crippen molar-refractivity contribution in [1.82, 2.24) is 77.3 Å². The predicted molar refractivity (Wildman–Crippen MR) is 482 cm³/mol. The van der Waals surface area contributed by atoms with Gasteiger partial charge in [0.05, 0.1) is 63.2 Å². The molecule has 0 aliphatic heterocycles. The third kappa shape index (κ3) is 27.9. The van der Waals surface area contributed by atoms with Crippen LogP contribution in [-0.2, 0) is 68.3 Å². The first-order valence-electron chi connectivity index (χ1n) is 35.4. The number of aromatic nitrogens is 16. The number of nitrogens with zero attached hydrogens (tertiary/aromatic N) is 16. The van der Waals surface area contributed by atoms with Gasteiger partial charge in [0, 0.05) is 103 Å². The van der Waals surface area contributed by atoms with Crippen molar-refractivity contribution in [3.8, 4) is 11.5 Å². The predicted octanol–water partition coefficient (Wildman–Crippen LogP) is 11.4. The Morgan fingerprint density at radius 1 is 0.488 bits per heavy atom. The van der Waals surface area contributed by atoms with Crippen molar-refractivity contribution in [2.45, 2.75) is 135 Å². The average molecular weight is 2260 g/mol. The normalized spacial score (nSPS) is 10.7. The number of carboxylic acid groups (broad SMARTS) is 1. The molecule has 10 aromatic heterocycles. The van der Waals surface area contributed by atoms with Crippen molar-refractivity contribution >= 4 is 239 Å². The summed E-state index contributed by atoms with van der Waals surface area (Å²) in [4.78, 5) is 119. The van der Waals surface area contributed by atoms with Crippen LogP contribution < -0.4 is 48.8 Å². The minimum Gasteiger partial charge on any atom is -0.489 e.